The van der Waals surface area contributed by atoms with Crippen LogP contribution >= 0.6 is 0 Å². The van der Waals surface area contributed by atoms with Gasteiger partial charge in [0, 0.05) is 6.54 Å². The van der Waals surface area contributed by atoms with Crippen LogP contribution in [0, 0.1) is 17.8 Å². The number of nitrogens with zero attached hydrogens (tertiary/aromatic N) is 1. The highest BCUT2D eigenvalue weighted by atomic mass is 16.4. The van der Waals surface area contributed by atoms with Crippen LogP contribution in [0.25, 0.3) is 0 Å². The number of guanidine groups is 1. The molecule has 0 heterocycles. The molecule has 0 saturated heterocycles. The fourth-order valence-electron chi connectivity index (χ4n) is 5.60. The molecule has 0 aromatic rings. The molecule has 0 fully saturated rings. The van der Waals surface area contributed by atoms with Crippen molar-refractivity contribution in [2.75, 3.05) is 32.8 Å². The molecule has 0 aromatic carbocycles. The molecule has 0 bridgehead atoms. The van der Waals surface area contributed by atoms with Gasteiger partial charge in [0.1, 0.15) is 36.3 Å². The second-order valence-corrected chi connectivity index (χ2v) is 15.9. The Balaban J connectivity index is 5.81. The van der Waals surface area contributed by atoms with Crippen molar-refractivity contribution in [3.8, 4) is 0 Å². The third-order valence-corrected chi connectivity index (χ3v) is 9.15. The molecule has 62 heavy (non-hydrogen) atoms. The number of nitrogens with two attached hydrogens (primary N) is 4. The number of aliphatic hydroxyl groups excluding tert-OH is 1. The summed E-state index contributed by atoms with van der Waals surface area (Å²) >= 11 is 0. The Morgan fingerprint density at radius 3 is 1.55 bits per heavy atom. The number of hydrogen-bond acceptors (Lipinski definition) is 13. The van der Waals surface area contributed by atoms with Crippen LogP contribution in [0.4, 0.5) is 0 Å². The molecule has 0 aliphatic rings. The first-order chi connectivity index (χ1) is 28.9. The summed E-state index contributed by atoms with van der Waals surface area (Å²) in [5, 5.41) is 38.1. The summed E-state index contributed by atoms with van der Waals surface area (Å²) in [5.74, 6) is -8.59. The summed E-state index contributed by atoms with van der Waals surface area (Å²) in [6.07, 6.45) is 1.87. The number of carboxylic acids is 1. The fraction of sp³-hybridized carbons (Fsp3) is 0.737. The predicted molar refractivity (Wildman–Crippen MR) is 228 cm³/mol. The Morgan fingerprint density at radius 1 is 0.581 bits per heavy atom. The van der Waals surface area contributed by atoms with Gasteiger partial charge in [-0.3, -0.25) is 48.1 Å². The lowest BCUT2D eigenvalue weighted by molar-refractivity contribution is -0.141. The first-order valence-corrected chi connectivity index (χ1v) is 20.7. The lowest BCUT2D eigenvalue weighted by atomic mass is 9.98. The molecule has 24 nitrogen and oxygen atoms in total. The Bertz CT molecular complexity index is 1540. The second-order valence-electron chi connectivity index (χ2n) is 15.9. The van der Waals surface area contributed by atoms with Crippen molar-refractivity contribution >= 4 is 59.2 Å². The molecule has 0 spiro atoms. The molecule has 0 saturated carbocycles. The van der Waals surface area contributed by atoms with Gasteiger partial charge in [0.15, 0.2) is 5.96 Å². The molecule has 24 heteroatoms. The highest BCUT2D eigenvalue weighted by Gasteiger charge is 2.34. The van der Waals surface area contributed by atoms with Crippen LogP contribution in [0.5, 0.6) is 0 Å². The molecule has 0 radical (unpaired) electrons. The zero-order chi connectivity index (χ0) is 47.7. The number of aliphatic carboxylic acids is 1. The van der Waals surface area contributed by atoms with Crippen LogP contribution in [0.15, 0.2) is 4.99 Å². The maximum atomic E-state index is 13.8. The summed E-state index contributed by atoms with van der Waals surface area (Å²) in [7, 11) is 0. The fourth-order valence-corrected chi connectivity index (χ4v) is 5.60. The minimum absolute atomic E-state index is 0.0934. The third-order valence-electron chi connectivity index (χ3n) is 9.15. The number of unbranched alkanes of at least 4 members (excludes halogenated alkanes) is 1. The number of aliphatic imine (C=N–C) groups is 1. The van der Waals surface area contributed by atoms with E-state index in [1.54, 1.807) is 41.5 Å². The smallest absolute Gasteiger partial charge is 0.325 e. The van der Waals surface area contributed by atoms with Gasteiger partial charge in [-0.1, -0.05) is 41.5 Å². The Kier molecular flexibility index (Phi) is 26.9. The second kappa shape index (κ2) is 29.6. The molecular formula is C38H71N13O11. The highest BCUT2D eigenvalue weighted by Crippen LogP contribution is 2.11. The Hall–Kier alpha value is -5.62. The van der Waals surface area contributed by atoms with Crippen molar-refractivity contribution in [1.29, 1.82) is 0 Å². The van der Waals surface area contributed by atoms with Crippen molar-refractivity contribution in [3.63, 3.8) is 0 Å². The molecule has 8 amide bonds. The summed E-state index contributed by atoms with van der Waals surface area (Å²) in [6, 6.07) is -8.32. The van der Waals surface area contributed by atoms with E-state index in [0.717, 1.165) is 0 Å². The van der Waals surface area contributed by atoms with E-state index >= 15 is 0 Å². The number of amides is 8. The van der Waals surface area contributed by atoms with Crippen molar-refractivity contribution in [1.82, 2.24) is 42.5 Å². The average Bonchev–Trinajstić information content (AvgIpc) is 3.18. The molecule has 18 N–H and O–H groups in total. The summed E-state index contributed by atoms with van der Waals surface area (Å²) in [5.41, 5.74) is 22.4. The van der Waals surface area contributed by atoms with Gasteiger partial charge < -0.3 is 75.7 Å². The minimum atomic E-state index is -1.53. The maximum Gasteiger partial charge on any atom is 0.325 e. The molecule has 0 unspecified atom stereocenters. The first-order valence-electron chi connectivity index (χ1n) is 20.7. The van der Waals surface area contributed by atoms with Crippen molar-refractivity contribution in [3.05, 3.63) is 0 Å². The third kappa shape index (κ3) is 22.8. The lowest BCUT2D eigenvalue weighted by Crippen LogP contribution is -2.60. The van der Waals surface area contributed by atoms with E-state index in [0.29, 0.717) is 25.8 Å². The van der Waals surface area contributed by atoms with E-state index in [2.05, 4.69) is 47.5 Å². The van der Waals surface area contributed by atoms with Gasteiger partial charge in [0.25, 0.3) is 0 Å². The zero-order valence-electron chi connectivity index (χ0n) is 36.9. The molecule has 0 rings (SSSR count). The van der Waals surface area contributed by atoms with Crippen molar-refractivity contribution in [2.24, 2.45) is 45.7 Å². The quantitative estimate of drug-likeness (QED) is 0.0183. The van der Waals surface area contributed by atoms with Crippen molar-refractivity contribution < 1.29 is 53.4 Å². The molecule has 0 aromatic heterocycles. The van der Waals surface area contributed by atoms with Crippen molar-refractivity contribution in [2.45, 2.75) is 129 Å². The number of rotatable bonds is 30. The highest BCUT2D eigenvalue weighted by molar-refractivity contribution is 5.97. The molecule has 0 aliphatic heterocycles. The molecule has 354 valence electrons. The van der Waals surface area contributed by atoms with E-state index < -0.39 is 127 Å². The van der Waals surface area contributed by atoms with Gasteiger partial charge in [-0.25, -0.2) is 0 Å². The van der Waals surface area contributed by atoms with Gasteiger partial charge >= 0.3 is 5.97 Å². The standard InChI is InChI=1S/C38H71N13O11/c1-19(2)15-25(32(56)44-17-28(54)47-26(18-52)33(57)45-16-27(53)46-22(7)37(61)62)49-36(60)30(21(5)6)51-34(58)24(12-8-9-13-39)48-35(59)29(20(3)4)50-31(55)23(40)11-10-14-43-38(41)42/h19-26,29-30,52H,8-18,39-40H2,1-7H3,(H,44,56)(H,45,57)(H,46,53)(H,47,54)(H,48,59)(H,49,60)(H,50,55)(H,51,58)(H,61,62)(H4,41,42,43)/t22-,23-,24-,25-,26-,29-,30-/m0/s1. The van der Waals surface area contributed by atoms with E-state index in [1.807, 2.05) is 0 Å². The molecular weight excluding hydrogens is 814 g/mol. The molecule has 0 aliphatic carbocycles. The monoisotopic (exact) mass is 886 g/mol. The van der Waals surface area contributed by atoms with E-state index in [-0.39, 0.29) is 37.7 Å². The van der Waals surface area contributed by atoms with Gasteiger partial charge in [-0.05, 0) is 69.7 Å². The lowest BCUT2D eigenvalue weighted by Gasteiger charge is -2.29. The number of nitrogens with one attached hydrogen (secondary N) is 8. The van der Waals surface area contributed by atoms with Crippen LogP contribution < -0.4 is 65.5 Å². The van der Waals surface area contributed by atoms with E-state index in [4.69, 9.17) is 28.0 Å². The zero-order valence-corrected chi connectivity index (χ0v) is 36.9. The average molecular weight is 886 g/mol. The van der Waals surface area contributed by atoms with Crippen LogP contribution in [0.2, 0.25) is 0 Å². The maximum absolute atomic E-state index is 13.8. The van der Waals surface area contributed by atoms with Gasteiger partial charge in [0.2, 0.25) is 47.3 Å². The normalized spacial score (nSPS) is 14.5. The SMILES string of the molecule is CC(C)C[C@H](NC(=O)[C@@H](NC(=O)[C@H](CCCCN)NC(=O)[C@@H](NC(=O)[C@@H](N)CCCN=C(N)N)C(C)C)C(C)C)C(=O)NCC(=O)N[C@@H](CO)C(=O)NCC(=O)N[C@@H](C)C(=O)O. The number of carboxylic acid groups (broad SMARTS) is 1. The summed E-state index contributed by atoms with van der Waals surface area (Å²) < 4.78 is 0. The molecule has 7 atom stereocenters. The Morgan fingerprint density at radius 2 is 1.08 bits per heavy atom. The van der Waals surface area contributed by atoms with Crippen LogP contribution in [0.1, 0.15) is 87.0 Å². The van der Waals surface area contributed by atoms with Crippen LogP contribution in [0.3, 0.4) is 0 Å². The number of hydrogen-bond donors (Lipinski definition) is 14. The van der Waals surface area contributed by atoms with Gasteiger partial charge in [0.05, 0.1) is 25.7 Å². The topological polar surface area (TPSA) is 407 Å². The van der Waals surface area contributed by atoms with Gasteiger partial charge in [-0.2, -0.15) is 0 Å². The van der Waals surface area contributed by atoms with Crippen LogP contribution in [-0.2, 0) is 43.2 Å². The summed E-state index contributed by atoms with van der Waals surface area (Å²) in [4.78, 5) is 119. The largest absolute Gasteiger partial charge is 0.480 e. The first kappa shape index (κ1) is 56.4. The van der Waals surface area contributed by atoms with Gasteiger partial charge in [-0.15, -0.1) is 0 Å². The summed E-state index contributed by atoms with van der Waals surface area (Å²) in [6.45, 7) is 9.92. The Labute approximate surface area is 362 Å². The number of carbonyl (C=O) groups is 9. The minimum Gasteiger partial charge on any atom is -0.480 e. The van der Waals surface area contributed by atoms with E-state index in [9.17, 15) is 48.3 Å². The number of aliphatic hydroxyl groups is 1. The predicted octanol–water partition coefficient (Wildman–Crippen LogP) is -4.91. The number of carbonyl (C=O) groups excluding carboxylic acids is 8. The van der Waals surface area contributed by atoms with Crippen LogP contribution in [-0.4, -0.2) is 144 Å². The van der Waals surface area contributed by atoms with E-state index in [1.165, 1.54) is 6.92 Å².